The Bertz CT molecular complexity index is 1270. The van der Waals surface area contributed by atoms with Crippen molar-refractivity contribution >= 4 is 18.0 Å². The molecular weight excluding hydrogens is 404 g/mol. The first-order chi connectivity index (χ1) is 15.3. The molecule has 7 rings (SSSR count). The van der Waals surface area contributed by atoms with E-state index in [0.717, 1.165) is 33.9 Å². The van der Waals surface area contributed by atoms with Gasteiger partial charge < -0.3 is 4.42 Å². The first-order valence-corrected chi connectivity index (χ1v) is 11.1. The van der Waals surface area contributed by atoms with E-state index in [0.29, 0.717) is 29.0 Å². The highest BCUT2D eigenvalue weighted by atomic mass is 16.4. The zero-order valence-electron chi connectivity index (χ0n) is 18.5. The van der Waals surface area contributed by atoms with Crippen molar-refractivity contribution in [3.8, 4) is 12.0 Å². The van der Waals surface area contributed by atoms with Crippen LogP contribution < -0.4 is 0 Å². The van der Waals surface area contributed by atoms with Gasteiger partial charge in [0.1, 0.15) is 17.4 Å². The topological polar surface area (TPSA) is 91.6 Å². The Balaban J connectivity index is 1.33. The lowest BCUT2D eigenvalue weighted by atomic mass is 9.63. The average molecular weight is 428 g/mol. The minimum atomic E-state index is -0.252. The largest absolute Gasteiger partial charge is 0.443 e. The Hall–Kier alpha value is -3.40. The summed E-state index contributed by atoms with van der Waals surface area (Å²) in [4.78, 5) is 26.3. The predicted molar refractivity (Wildman–Crippen MR) is 116 cm³/mol. The van der Waals surface area contributed by atoms with Crippen LogP contribution in [0.15, 0.2) is 27.7 Å². The fourth-order valence-electron chi connectivity index (χ4n) is 6.30. The summed E-state index contributed by atoms with van der Waals surface area (Å²) in [6.45, 7) is 7.54. The molecule has 7 heteroatoms. The van der Waals surface area contributed by atoms with E-state index in [-0.39, 0.29) is 35.5 Å². The average Bonchev–Trinajstić information content (AvgIpc) is 3.43. The van der Waals surface area contributed by atoms with Gasteiger partial charge in [0.25, 0.3) is 11.8 Å². The summed E-state index contributed by atoms with van der Waals surface area (Å²) in [7, 11) is 0. The standard InChI is InChI=1S/C25H24N4O3/c1-11-7-15(13(3)28(11)25-20(9-26)12(2)14(4)32-25)10-27-29-23(30)21-16-5-6-17(19-8-18(16)19)22(21)24(29)31/h5-7,10,16-19,21-22H,8H2,1-4H3/b27-10-/t16-,17-,18-,19-,21+,22+/m0/s1. The lowest BCUT2D eigenvalue weighted by Gasteiger charge is -2.37. The number of imide groups is 1. The molecule has 1 aliphatic heterocycles. The van der Waals surface area contributed by atoms with Gasteiger partial charge in [-0.3, -0.25) is 14.2 Å². The van der Waals surface area contributed by atoms with Crippen LogP contribution in [0.1, 0.15) is 40.3 Å². The van der Waals surface area contributed by atoms with E-state index in [1.54, 1.807) is 6.21 Å². The fourth-order valence-corrected chi connectivity index (χ4v) is 6.30. The third-order valence-electron chi connectivity index (χ3n) is 8.10. The molecule has 6 atom stereocenters. The summed E-state index contributed by atoms with van der Waals surface area (Å²) in [5.41, 5.74) is 3.81. The number of nitriles is 1. The predicted octanol–water partition coefficient (Wildman–Crippen LogP) is 3.56. The number of hydrazone groups is 1. The van der Waals surface area contributed by atoms with Gasteiger partial charge in [-0.1, -0.05) is 12.2 Å². The number of hydrogen-bond acceptors (Lipinski definition) is 5. The molecule has 0 N–H and O–H groups in total. The number of allylic oxidation sites excluding steroid dienone is 2. The van der Waals surface area contributed by atoms with E-state index in [1.807, 2.05) is 38.3 Å². The van der Waals surface area contributed by atoms with Crippen molar-refractivity contribution in [2.75, 3.05) is 0 Å². The number of furan rings is 1. The molecule has 0 spiro atoms. The van der Waals surface area contributed by atoms with Crippen molar-refractivity contribution in [1.82, 2.24) is 9.58 Å². The molecule has 2 amide bonds. The lowest BCUT2D eigenvalue weighted by molar-refractivity contribution is -0.140. The van der Waals surface area contributed by atoms with E-state index in [2.05, 4.69) is 23.3 Å². The van der Waals surface area contributed by atoms with Gasteiger partial charge in [0.15, 0.2) is 0 Å². The number of amides is 2. The van der Waals surface area contributed by atoms with Crippen molar-refractivity contribution < 1.29 is 14.0 Å². The van der Waals surface area contributed by atoms with Crippen LogP contribution in [-0.2, 0) is 9.59 Å². The Morgan fingerprint density at radius 3 is 2.31 bits per heavy atom. The van der Waals surface area contributed by atoms with Crippen LogP contribution in [-0.4, -0.2) is 27.6 Å². The van der Waals surface area contributed by atoms with Crippen LogP contribution in [0.4, 0.5) is 0 Å². The minimum absolute atomic E-state index is 0.168. The summed E-state index contributed by atoms with van der Waals surface area (Å²) >= 11 is 0. The maximum atomic E-state index is 13.1. The van der Waals surface area contributed by atoms with Gasteiger partial charge in [0.05, 0.1) is 18.1 Å². The summed E-state index contributed by atoms with van der Waals surface area (Å²) in [5, 5.41) is 15.1. The summed E-state index contributed by atoms with van der Waals surface area (Å²) in [5.74, 6) is 1.86. The molecule has 3 heterocycles. The second-order valence-corrected chi connectivity index (χ2v) is 9.62. The van der Waals surface area contributed by atoms with Gasteiger partial charge in [-0.2, -0.15) is 15.4 Å². The van der Waals surface area contributed by atoms with Crippen molar-refractivity contribution in [1.29, 1.82) is 5.26 Å². The summed E-state index contributed by atoms with van der Waals surface area (Å²) in [6.07, 6.45) is 7.04. The minimum Gasteiger partial charge on any atom is -0.443 e. The van der Waals surface area contributed by atoms with Gasteiger partial charge in [0, 0.05) is 22.5 Å². The second-order valence-electron chi connectivity index (χ2n) is 9.62. The third-order valence-corrected chi connectivity index (χ3v) is 8.10. The molecule has 0 unspecified atom stereocenters. The molecule has 7 nitrogen and oxygen atoms in total. The molecule has 2 bridgehead atoms. The number of aromatic nitrogens is 1. The van der Waals surface area contributed by atoms with Crippen molar-refractivity contribution in [3.05, 3.63) is 52.1 Å². The van der Waals surface area contributed by atoms with Crippen molar-refractivity contribution in [2.45, 2.75) is 34.1 Å². The van der Waals surface area contributed by atoms with Crippen LogP contribution >= 0.6 is 0 Å². The molecule has 0 aromatic carbocycles. The van der Waals surface area contributed by atoms with Crippen LogP contribution in [0.5, 0.6) is 0 Å². The zero-order chi connectivity index (χ0) is 22.5. The molecule has 162 valence electrons. The highest BCUT2D eigenvalue weighted by molar-refractivity contribution is 6.06. The molecule has 3 fully saturated rings. The van der Waals surface area contributed by atoms with E-state index in [9.17, 15) is 14.9 Å². The Labute approximate surface area is 186 Å². The number of aryl methyl sites for hydroxylation is 2. The maximum Gasteiger partial charge on any atom is 0.254 e. The Morgan fingerprint density at radius 1 is 1.09 bits per heavy atom. The maximum absolute atomic E-state index is 13.1. The van der Waals surface area contributed by atoms with Crippen LogP contribution in [0.3, 0.4) is 0 Å². The molecule has 2 saturated carbocycles. The number of carbonyl (C=O) groups excluding carboxylic acids is 2. The second kappa shape index (κ2) is 6.32. The molecule has 0 radical (unpaired) electrons. The molecule has 5 aliphatic rings. The van der Waals surface area contributed by atoms with E-state index >= 15 is 0 Å². The van der Waals surface area contributed by atoms with Gasteiger partial charge >= 0.3 is 0 Å². The number of rotatable bonds is 3. The molecule has 32 heavy (non-hydrogen) atoms. The van der Waals surface area contributed by atoms with Crippen LogP contribution in [0.25, 0.3) is 5.88 Å². The fraction of sp³-hybridized carbons (Fsp3) is 0.440. The SMILES string of the molecule is Cc1oc(-n2c(C)cc(/C=N\N3C(=O)[C@@H]4[C@H]5C=C[C@@H]([C@@H]6C[C@@H]56)[C@H]4C3=O)c2C)c(C#N)c1C. The molecule has 2 aromatic heterocycles. The highest BCUT2D eigenvalue weighted by Gasteiger charge is 2.67. The van der Waals surface area contributed by atoms with Crippen molar-refractivity contribution in [2.24, 2.45) is 40.6 Å². The van der Waals surface area contributed by atoms with Gasteiger partial charge in [-0.15, -0.1) is 0 Å². The van der Waals surface area contributed by atoms with Crippen molar-refractivity contribution in [3.63, 3.8) is 0 Å². The molecule has 4 aliphatic carbocycles. The van der Waals surface area contributed by atoms with Crippen LogP contribution in [0, 0.1) is 74.5 Å². The smallest absolute Gasteiger partial charge is 0.254 e. The van der Waals surface area contributed by atoms with Gasteiger partial charge in [-0.05, 0) is 63.9 Å². The van der Waals surface area contributed by atoms with Crippen LogP contribution in [0.2, 0.25) is 0 Å². The van der Waals surface area contributed by atoms with E-state index in [4.69, 9.17) is 4.42 Å². The Morgan fingerprint density at radius 2 is 1.72 bits per heavy atom. The molecule has 1 saturated heterocycles. The zero-order valence-corrected chi connectivity index (χ0v) is 18.5. The molecule has 2 aromatic rings. The molecular formula is C25H24N4O3. The normalized spacial score (nSPS) is 32.0. The highest BCUT2D eigenvalue weighted by Crippen LogP contribution is 2.65. The lowest BCUT2D eigenvalue weighted by Crippen LogP contribution is -2.40. The van der Waals surface area contributed by atoms with E-state index in [1.165, 1.54) is 0 Å². The number of hydrogen-bond donors (Lipinski definition) is 0. The summed E-state index contributed by atoms with van der Waals surface area (Å²) in [6, 6.07) is 4.16. The first-order valence-electron chi connectivity index (χ1n) is 11.1. The monoisotopic (exact) mass is 428 g/mol. The number of nitrogens with zero attached hydrogens (tertiary/aromatic N) is 4. The Kier molecular flexibility index (Phi) is 3.81. The number of carbonyl (C=O) groups is 2. The quantitative estimate of drug-likeness (QED) is 0.425. The summed E-state index contributed by atoms with van der Waals surface area (Å²) < 4.78 is 7.77. The van der Waals surface area contributed by atoms with Gasteiger partial charge in [-0.25, -0.2) is 0 Å². The third kappa shape index (κ3) is 2.32. The van der Waals surface area contributed by atoms with E-state index < -0.39 is 0 Å². The van der Waals surface area contributed by atoms with Gasteiger partial charge in [0.2, 0.25) is 5.88 Å². The first kappa shape index (κ1) is 19.3.